The van der Waals surface area contributed by atoms with Crippen molar-refractivity contribution in [3.63, 3.8) is 0 Å². The number of carbonyl (C=O) groups excluding carboxylic acids is 1. The Morgan fingerprint density at radius 3 is 2.90 bits per heavy atom. The smallest absolute Gasteiger partial charge is 0.227 e. The highest BCUT2D eigenvalue weighted by Crippen LogP contribution is 2.55. The van der Waals surface area contributed by atoms with Crippen LogP contribution in [-0.2, 0) is 16.0 Å². The Balaban J connectivity index is 1.35. The predicted molar refractivity (Wildman–Crippen MR) is 107 cm³/mol. The van der Waals surface area contributed by atoms with Gasteiger partial charge in [0.05, 0.1) is 12.5 Å². The van der Waals surface area contributed by atoms with Crippen LogP contribution in [0.4, 0.5) is 0 Å². The van der Waals surface area contributed by atoms with Gasteiger partial charge < -0.3 is 19.5 Å². The van der Waals surface area contributed by atoms with E-state index in [-0.39, 0.29) is 29.3 Å². The van der Waals surface area contributed by atoms with Crippen LogP contribution in [-0.4, -0.2) is 46.2 Å². The average molecular weight is 394 g/mol. The van der Waals surface area contributed by atoms with E-state index in [1.165, 1.54) is 0 Å². The van der Waals surface area contributed by atoms with Crippen LogP contribution in [0.15, 0.2) is 42.7 Å². The van der Waals surface area contributed by atoms with Gasteiger partial charge in [-0.3, -0.25) is 9.78 Å². The highest BCUT2D eigenvalue weighted by molar-refractivity contribution is 5.78. The van der Waals surface area contributed by atoms with Crippen molar-refractivity contribution >= 4 is 5.91 Å². The number of pyridine rings is 1. The second-order valence-electron chi connectivity index (χ2n) is 8.32. The van der Waals surface area contributed by atoms with Gasteiger partial charge in [-0.2, -0.15) is 0 Å². The van der Waals surface area contributed by atoms with Crippen LogP contribution in [0.2, 0.25) is 0 Å². The van der Waals surface area contributed by atoms with E-state index in [1.54, 1.807) is 18.5 Å². The zero-order valence-electron chi connectivity index (χ0n) is 16.4. The first-order chi connectivity index (χ1) is 14.2. The van der Waals surface area contributed by atoms with Crippen molar-refractivity contribution in [2.24, 2.45) is 5.92 Å². The van der Waals surface area contributed by atoms with Gasteiger partial charge in [0.2, 0.25) is 5.91 Å². The van der Waals surface area contributed by atoms with Gasteiger partial charge in [0.15, 0.2) is 11.5 Å². The molecule has 0 radical (unpaired) electrons. The third kappa shape index (κ3) is 3.25. The Morgan fingerprint density at radius 1 is 1.24 bits per heavy atom. The standard InChI is InChI=1S/C23H26N2O4/c26-19-7-1-5-17-21-18(6-3-13-28-21)23(29-22(17)19)8-11-25(12-9-23)20(27)14-16-4-2-10-24-15-16/h1-2,4-5,7,10,15,18,21,26H,3,6,8-9,11-14H2/t18-,21+/m0/s1. The summed E-state index contributed by atoms with van der Waals surface area (Å²) in [7, 11) is 0. The van der Waals surface area contributed by atoms with Gasteiger partial charge in [-0.25, -0.2) is 0 Å². The number of rotatable bonds is 2. The van der Waals surface area contributed by atoms with Gasteiger partial charge in [0, 0.05) is 56.4 Å². The van der Waals surface area contributed by atoms with E-state index in [9.17, 15) is 9.90 Å². The number of aromatic hydroxyl groups is 1. The third-order valence-electron chi connectivity index (χ3n) is 6.68. The van der Waals surface area contributed by atoms with Crippen LogP contribution in [0.1, 0.15) is 42.9 Å². The summed E-state index contributed by atoms with van der Waals surface area (Å²) >= 11 is 0. The molecule has 3 aliphatic heterocycles. The molecule has 0 aliphatic carbocycles. The van der Waals surface area contributed by atoms with Gasteiger partial charge >= 0.3 is 0 Å². The SMILES string of the molecule is O=C(Cc1cccnc1)N1CCC2(CC1)Oc1c(O)cccc1[C@H]1OCCC[C@@H]12. The van der Waals surface area contributed by atoms with Crippen LogP contribution in [0.25, 0.3) is 0 Å². The first-order valence-corrected chi connectivity index (χ1v) is 10.5. The monoisotopic (exact) mass is 394 g/mol. The summed E-state index contributed by atoms with van der Waals surface area (Å²) in [5.41, 5.74) is 1.50. The molecule has 5 rings (SSSR count). The number of hydrogen-bond acceptors (Lipinski definition) is 5. The second kappa shape index (κ2) is 7.34. The molecule has 2 saturated heterocycles. The Kier molecular flexibility index (Phi) is 4.66. The highest BCUT2D eigenvalue weighted by Gasteiger charge is 2.53. The summed E-state index contributed by atoms with van der Waals surface area (Å²) in [5, 5.41) is 10.4. The van der Waals surface area contributed by atoms with Crippen molar-refractivity contribution < 1.29 is 19.4 Å². The van der Waals surface area contributed by atoms with Crippen LogP contribution >= 0.6 is 0 Å². The molecule has 1 N–H and O–H groups in total. The molecule has 1 amide bonds. The minimum Gasteiger partial charge on any atom is -0.504 e. The molecule has 2 fully saturated rings. The average Bonchev–Trinajstić information content (AvgIpc) is 2.76. The van der Waals surface area contributed by atoms with Gasteiger partial charge in [0.25, 0.3) is 0 Å². The molecular formula is C23H26N2O4. The topological polar surface area (TPSA) is 71.9 Å². The van der Waals surface area contributed by atoms with Gasteiger partial charge in [-0.05, 0) is 30.5 Å². The summed E-state index contributed by atoms with van der Waals surface area (Å²) in [5.74, 6) is 1.11. The minimum absolute atomic E-state index is 0.0442. The summed E-state index contributed by atoms with van der Waals surface area (Å²) in [4.78, 5) is 18.8. The molecule has 0 saturated carbocycles. The number of piperidine rings is 1. The number of aromatic nitrogens is 1. The lowest BCUT2D eigenvalue weighted by Gasteiger charge is -2.53. The normalized spacial score (nSPS) is 25.0. The minimum atomic E-state index is -0.387. The maximum atomic E-state index is 12.8. The Bertz CT molecular complexity index is 893. The van der Waals surface area contributed by atoms with E-state index in [4.69, 9.17) is 9.47 Å². The molecule has 1 aromatic heterocycles. The zero-order valence-corrected chi connectivity index (χ0v) is 16.4. The third-order valence-corrected chi connectivity index (χ3v) is 6.68. The van der Waals surface area contributed by atoms with E-state index in [1.807, 2.05) is 29.2 Å². The molecule has 2 atom stereocenters. The number of phenols is 1. The number of phenolic OH excluding ortho intramolecular Hbond substituents is 1. The summed E-state index contributed by atoms with van der Waals surface area (Å²) in [6.07, 6.45) is 7.37. The number of fused-ring (bicyclic) bond motifs is 4. The molecule has 3 aliphatic rings. The molecule has 1 spiro atoms. The van der Waals surface area contributed by atoms with Crippen LogP contribution < -0.4 is 4.74 Å². The fourth-order valence-electron chi connectivity index (χ4n) is 5.18. The Labute approximate surface area is 170 Å². The lowest BCUT2D eigenvalue weighted by Crippen LogP contribution is -2.58. The Hall–Kier alpha value is -2.60. The quantitative estimate of drug-likeness (QED) is 0.847. The van der Waals surface area contributed by atoms with Gasteiger partial charge in [-0.15, -0.1) is 0 Å². The van der Waals surface area contributed by atoms with Gasteiger partial charge in [0.1, 0.15) is 5.60 Å². The van der Waals surface area contributed by atoms with E-state index in [0.717, 1.165) is 43.4 Å². The first kappa shape index (κ1) is 18.4. The second-order valence-corrected chi connectivity index (χ2v) is 8.32. The number of nitrogens with zero attached hydrogens (tertiary/aromatic N) is 2. The summed E-state index contributed by atoms with van der Waals surface area (Å²) in [6.45, 7) is 2.05. The van der Waals surface area contributed by atoms with Crippen LogP contribution in [0.5, 0.6) is 11.5 Å². The van der Waals surface area contributed by atoms with Crippen molar-refractivity contribution in [1.82, 2.24) is 9.88 Å². The molecule has 2 aromatic rings. The number of likely N-dealkylation sites (tertiary alicyclic amines) is 1. The molecule has 1 aromatic carbocycles. The van der Waals surface area contributed by atoms with Crippen molar-refractivity contribution in [1.29, 1.82) is 0 Å². The summed E-state index contributed by atoms with van der Waals surface area (Å²) < 4.78 is 12.7. The van der Waals surface area contributed by atoms with E-state index >= 15 is 0 Å². The zero-order chi connectivity index (χ0) is 19.8. The van der Waals surface area contributed by atoms with Crippen LogP contribution in [0.3, 0.4) is 0 Å². The lowest BCUT2D eigenvalue weighted by molar-refractivity contribution is -0.157. The maximum absolute atomic E-state index is 12.8. The molecule has 6 heteroatoms. The van der Waals surface area contributed by atoms with E-state index in [0.29, 0.717) is 25.3 Å². The van der Waals surface area contributed by atoms with E-state index in [2.05, 4.69) is 4.98 Å². The van der Waals surface area contributed by atoms with Crippen LogP contribution in [0, 0.1) is 5.92 Å². The van der Waals surface area contributed by atoms with E-state index < -0.39 is 0 Å². The maximum Gasteiger partial charge on any atom is 0.227 e. The van der Waals surface area contributed by atoms with Crippen molar-refractivity contribution in [2.45, 2.75) is 43.8 Å². The summed E-state index contributed by atoms with van der Waals surface area (Å²) in [6, 6.07) is 9.31. The number of para-hydroxylation sites is 1. The fourth-order valence-corrected chi connectivity index (χ4v) is 5.18. The fraction of sp³-hybridized carbons (Fsp3) is 0.478. The molecule has 152 valence electrons. The lowest BCUT2D eigenvalue weighted by atomic mass is 9.70. The van der Waals surface area contributed by atoms with Crippen molar-refractivity contribution in [2.75, 3.05) is 19.7 Å². The molecule has 0 unspecified atom stereocenters. The number of benzene rings is 1. The number of amides is 1. The van der Waals surface area contributed by atoms with Crippen molar-refractivity contribution in [3.05, 3.63) is 53.9 Å². The Morgan fingerprint density at radius 2 is 2.10 bits per heavy atom. The highest BCUT2D eigenvalue weighted by atomic mass is 16.5. The molecule has 0 bridgehead atoms. The molecule has 6 nitrogen and oxygen atoms in total. The van der Waals surface area contributed by atoms with Crippen molar-refractivity contribution in [3.8, 4) is 11.5 Å². The number of hydrogen-bond donors (Lipinski definition) is 1. The number of carbonyl (C=O) groups is 1. The number of ether oxygens (including phenoxy) is 2. The largest absolute Gasteiger partial charge is 0.504 e. The predicted octanol–water partition coefficient (Wildman–Crippen LogP) is 3.25. The van der Waals surface area contributed by atoms with Gasteiger partial charge in [-0.1, -0.05) is 18.2 Å². The molecular weight excluding hydrogens is 368 g/mol. The first-order valence-electron chi connectivity index (χ1n) is 10.5. The molecule has 29 heavy (non-hydrogen) atoms. The molecule has 4 heterocycles.